The summed E-state index contributed by atoms with van der Waals surface area (Å²) in [7, 11) is 0. The standard InChI is InChI=1S/C37H61N5O7/c1-10-19-38-33(46)29(43)26(21-23-16-17-23)39-32(45)28-25(22(2)3)18-20-42(28)34(47)30(36(4,5)6)41-31(44)27(24-14-12-11-13-15-24)40-35(48)49-37(7,8)9/h10,22-28,30H,1,11-21H2,2-9H3,(H,38,46)(H,39,45)(H,40,48)(H,41,44)/t25-,26?,27+,28+,30-/m1/s1. The van der Waals surface area contributed by atoms with E-state index in [9.17, 15) is 28.8 Å². The molecule has 0 radical (unpaired) electrons. The van der Waals surface area contributed by atoms with Gasteiger partial charge in [-0.1, -0.05) is 72.8 Å². The molecular weight excluding hydrogens is 626 g/mol. The van der Waals surface area contributed by atoms with Crippen molar-refractivity contribution in [3.63, 3.8) is 0 Å². The highest BCUT2D eigenvalue weighted by molar-refractivity contribution is 6.38. The average Bonchev–Trinajstić information content (AvgIpc) is 3.72. The number of ether oxygens (including phenoxy) is 1. The first-order valence-corrected chi connectivity index (χ1v) is 18.2. The Morgan fingerprint density at radius 1 is 0.878 bits per heavy atom. The quantitative estimate of drug-likeness (QED) is 0.158. The van der Waals surface area contributed by atoms with Crippen LogP contribution in [-0.4, -0.2) is 83.3 Å². The molecular formula is C37H61N5O7. The van der Waals surface area contributed by atoms with E-state index in [1.807, 2.05) is 34.6 Å². The number of likely N-dealkylation sites (tertiary alicyclic amines) is 1. The highest BCUT2D eigenvalue weighted by Crippen LogP contribution is 2.36. The third-order valence-corrected chi connectivity index (χ3v) is 9.86. The van der Waals surface area contributed by atoms with Crippen molar-refractivity contribution in [2.24, 2.45) is 29.1 Å². The van der Waals surface area contributed by atoms with Crippen LogP contribution in [0.5, 0.6) is 0 Å². The van der Waals surface area contributed by atoms with Crippen LogP contribution in [0.3, 0.4) is 0 Å². The molecule has 2 saturated carbocycles. The molecule has 276 valence electrons. The number of hydrogen-bond acceptors (Lipinski definition) is 7. The van der Waals surface area contributed by atoms with Crippen LogP contribution in [0, 0.1) is 29.1 Å². The molecule has 1 unspecified atom stereocenters. The topological polar surface area (TPSA) is 163 Å². The number of Topliss-reactive ketones (excluding diaryl/α,β-unsaturated/α-hetero) is 1. The molecule has 0 bridgehead atoms. The summed E-state index contributed by atoms with van der Waals surface area (Å²) in [6.45, 7) is 18.8. The molecule has 49 heavy (non-hydrogen) atoms. The molecule has 3 aliphatic rings. The van der Waals surface area contributed by atoms with E-state index in [1.54, 1.807) is 20.8 Å². The van der Waals surface area contributed by atoms with Crippen LogP contribution in [0.1, 0.15) is 113 Å². The van der Waals surface area contributed by atoms with E-state index in [-0.39, 0.29) is 30.2 Å². The number of nitrogens with one attached hydrogen (secondary N) is 4. The van der Waals surface area contributed by atoms with Gasteiger partial charge in [-0.05, 0) is 75.5 Å². The van der Waals surface area contributed by atoms with Crippen LogP contribution in [-0.2, 0) is 28.7 Å². The Balaban J connectivity index is 1.87. The van der Waals surface area contributed by atoms with E-state index in [0.717, 1.165) is 44.9 Å². The number of alkyl carbamates (subject to hydrolysis) is 1. The number of hydrogen-bond donors (Lipinski definition) is 4. The Kier molecular flexibility index (Phi) is 13.9. The van der Waals surface area contributed by atoms with Crippen LogP contribution >= 0.6 is 0 Å². The van der Waals surface area contributed by atoms with Crippen molar-refractivity contribution in [1.82, 2.24) is 26.2 Å². The largest absolute Gasteiger partial charge is 0.444 e. The fraction of sp³-hybridized carbons (Fsp3) is 0.784. The normalized spacial score (nSPS) is 22.0. The molecule has 12 heteroatoms. The molecule has 1 saturated heterocycles. The van der Waals surface area contributed by atoms with Gasteiger partial charge in [-0.25, -0.2) is 4.79 Å². The van der Waals surface area contributed by atoms with Gasteiger partial charge in [0.25, 0.3) is 5.91 Å². The van der Waals surface area contributed by atoms with Crippen molar-refractivity contribution >= 4 is 35.5 Å². The molecule has 0 aromatic rings. The molecule has 2 aliphatic carbocycles. The van der Waals surface area contributed by atoms with Crippen molar-refractivity contribution in [3.05, 3.63) is 12.7 Å². The number of ketones is 1. The van der Waals surface area contributed by atoms with Crippen LogP contribution in [0.4, 0.5) is 4.79 Å². The van der Waals surface area contributed by atoms with Gasteiger partial charge in [0.2, 0.25) is 23.5 Å². The number of carbonyl (C=O) groups excluding carboxylic acids is 6. The monoisotopic (exact) mass is 687 g/mol. The summed E-state index contributed by atoms with van der Waals surface area (Å²) in [5.74, 6) is -2.88. The maximum Gasteiger partial charge on any atom is 0.408 e. The Morgan fingerprint density at radius 2 is 1.51 bits per heavy atom. The van der Waals surface area contributed by atoms with Crippen molar-refractivity contribution < 1.29 is 33.5 Å². The molecule has 4 N–H and O–H groups in total. The van der Waals surface area contributed by atoms with Gasteiger partial charge in [0.1, 0.15) is 23.7 Å². The smallest absolute Gasteiger partial charge is 0.408 e. The highest BCUT2D eigenvalue weighted by atomic mass is 16.6. The molecule has 1 aliphatic heterocycles. The molecule has 0 spiro atoms. The minimum atomic E-state index is -1.01. The zero-order valence-electron chi connectivity index (χ0n) is 31.0. The third kappa shape index (κ3) is 11.6. The summed E-state index contributed by atoms with van der Waals surface area (Å²) in [5.41, 5.74) is -1.50. The number of rotatable bonds is 14. The minimum Gasteiger partial charge on any atom is -0.444 e. The highest BCUT2D eigenvalue weighted by Gasteiger charge is 2.48. The summed E-state index contributed by atoms with van der Waals surface area (Å²) >= 11 is 0. The maximum absolute atomic E-state index is 14.5. The zero-order valence-corrected chi connectivity index (χ0v) is 31.0. The van der Waals surface area contributed by atoms with Gasteiger partial charge in [0.05, 0.1) is 6.04 Å². The lowest BCUT2D eigenvalue weighted by Crippen LogP contribution is -2.62. The summed E-state index contributed by atoms with van der Waals surface area (Å²) in [6.07, 6.45) is 8.01. The number of nitrogens with zero attached hydrogens (tertiary/aromatic N) is 1. The van der Waals surface area contributed by atoms with Gasteiger partial charge in [-0.3, -0.25) is 24.0 Å². The van der Waals surface area contributed by atoms with Gasteiger partial charge in [-0.15, -0.1) is 6.58 Å². The summed E-state index contributed by atoms with van der Waals surface area (Å²) in [6, 6.07) is -3.81. The van der Waals surface area contributed by atoms with Gasteiger partial charge in [0.15, 0.2) is 0 Å². The Bertz CT molecular complexity index is 1230. The van der Waals surface area contributed by atoms with Gasteiger partial charge in [-0.2, -0.15) is 0 Å². The zero-order chi connectivity index (χ0) is 36.7. The van der Waals surface area contributed by atoms with Gasteiger partial charge >= 0.3 is 6.09 Å². The second-order valence-electron chi connectivity index (χ2n) is 16.6. The summed E-state index contributed by atoms with van der Waals surface area (Å²) in [5, 5.41) is 11.2. The SMILES string of the molecule is C=CCNC(=O)C(=O)C(CC1CC1)NC(=O)[C@@H]1[C@@H](C(C)C)CCN1C(=O)[C@@H](NC(=O)[C@@H](NC(=O)OC(C)(C)C)C1CCCCC1)C(C)(C)C. The van der Waals surface area contributed by atoms with Crippen molar-refractivity contribution in [2.45, 2.75) is 143 Å². The lowest BCUT2D eigenvalue weighted by molar-refractivity contribution is -0.146. The molecule has 12 nitrogen and oxygen atoms in total. The lowest BCUT2D eigenvalue weighted by Gasteiger charge is -2.38. The number of amides is 5. The van der Waals surface area contributed by atoms with Crippen LogP contribution < -0.4 is 21.3 Å². The summed E-state index contributed by atoms with van der Waals surface area (Å²) in [4.78, 5) is 82.9. The molecule has 3 fully saturated rings. The minimum absolute atomic E-state index is 0.0402. The van der Waals surface area contributed by atoms with E-state index in [2.05, 4.69) is 27.8 Å². The molecule has 5 amide bonds. The van der Waals surface area contributed by atoms with E-state index >= 15 is 0 Å². The Morgan fingerprint density at radius 3 is 2.04 bits per heavy atom. The second kappa shape index (κ2) is 17.0. The average molecular weight is 688 g/mol. The molecule has 0 aromatic heterocycles. The van der Waals surface area contributed by atoms with Gasteiger partial charge in [0, 0.05) is 13.1 Å². The molecule has 5 atom stereocenters. The first-order valence-electron chi connectivity index (χ1n) is 18.2. The van der Waals surface area contributed by atoms with E-state index in [0.29, 0.717) is 19.4 Å². The van der Waals surface area contributed by atoms with Crippen LogP contribution in [0.15, 0.2) is 12.7 Å². The predicted molar refractivity (Wildman–Crippen MR) is 187 cm³/mol. The van der Waals surface area contributed by atoms with Gasteiger partial charge < -0.3 is 30.9 Å². The molecule has 1 heterocycles. The molecule has 3 rings (SSSR count). The predicted octanol–water partition coefficient (Wildman–Crippen LogP) is 4.02. The lowest BCUT2D eigenvalue weighted by atomic mass is 9.82. The molecule has 0 aromatic carbocycles. The Labute approximate surface area is 292 Å². The fourth-order valence-electron chi connectivity index (χ4n) is 7.03. The van der Waals surface area contributed by atoms with E-state index < -0.39 is 70.7 Å². The van der Waals surface area contributed by atoms with Crippen molar-refractivity contribution in [3.8, 4) is 0 Å². The first kappa shape index (κ1) is 40.0. The van der Waals surface area contributed by atoms with Crippen molar-refractivity contribution in [1.29, 1.82) is 0 Å². The van der Waals surface area contributed by atoms with E-state index in [1.165, 1.54) is 11.0 Å². The van der Waals surface area contributed by atoms with Crippen LogP contribution in [0.25, 0.3) is 0 Å². The number of carbonyl (C=O) groups is 6. The maximum atomic E-state index is 14.5. The second-order valence-corrected chi connectivity index (χ2v) is 16.6. The van der Waals surface area contributed by atoms with Crippen LogP contribution in [0.2, 0.25) is 0 Å². The summed E-state index contributed by atoms with van der Waals surface area (Å²) < 4.78 is 5.49. The fourth-order valence-corrected chi connectivity index (χ4v) is 7.03. The Hall–Kier alpha value is -3.44. The van der Waals surface area contributed by atoms with E-state index in [4.69, 9.17) is 4.74 Å². The third-order valence-electron chi connectivity index (χ3n) is 9.86. The van der Waals surface area contributed by atoms with Crippen molar-refractivity contribution in [2.75, 3.05) is 13.1 Å². The first-order chi connectivity index (χ1) is 22.8.